The number of benzene rings is 1. The number of likely N-dealkylation sites (tertiary alicyclic amines) is 1. The minimum atomic E-state index is -0.0937. The molecule has 0 radical (unpaired) electrons. The molecule has 2 fully saturated rings. The van der Waals surface area contributed by atoms with Crippen LogP contribution >= 0.6 is 0 Å². The van der Waals surface area contributed by atoms with E-state index in [2.05, 4.69) is 22.4 Å². The van der Waals surface area contributed by atoms with E-state index in [9.17, 15) is 4.39 Å². The van der Waals surface area contributed by atoms with Crippen molar-refractivity contribution < 1.29 is 4.39 Å². The van der Waals surface area contributed by atoms with Crippen molar-refractivity contribution in [3.8, 4) is 0 Å². The molecule has 1 spiro atoms. The largest absolute Gasteiger partial charge is 0.384 e. The molecule has 1 N–H and O–H groups in total. The summed E-state index contributed by atoms with van der Waals surface area (Å²) in [6, 6.07) is 5.26. The number of anilines is 1. The van der Waals surface area contributed by atoms with E-state index in [1.54, 1.807) is 12.1 Å². The fourth-order valence-electron chi connectivity index (χ4n) is 5.69. The normalized spacial score (nSPS) is 33.6. The van der Waals surface area contributed by atoms with E-state index in [0.717, 1.165) is 55.9 Å². The Hall–Kier alpha value is -1.35. The molecule has 0 aromatic heterocycles. The molecule has 1 aromatic rings. The molecule has 0 amide bonds. The molecule has 1 saturated heterocycles. The molecule has 4 aliphatic rings. The lowest BCUT2D eigenvalue weighted by Gasteiger charge is -2.49. The highest BCUT2D eigenvalue weighted by Gasteiger charge is 2.44. The summed E-state index contributed by atoms with van der Waals surface area (Å²) in [5.74, 6) is 2.62. The smallest absolute Gasteiger partial charge is 0.123 e. The van der Waals surface area contributed by atoms with Gasteiger partial charge in [-0.15, -0.1) is 0 Å². The molecule has 1 saturated carbocycles. The van der Waals surface area contributed by atoms with Crippen molar-refractivity contribution in [2.24, 2.45) is 17.8 Å². The summed E-state index contributed by atoms with van der Waals surface area (Å²) in [5.41, 5.74) is 2.54. The van der Waals surface area contributed by atoms with Crippen LogP contribution in [-0.2, 0) is 5.41 Å². The van der Waals surface area contributed by atoms with Crippen LogP contribution in [0.3, 0.4) is 0 Å². The average molecular weight is 326 g/mol. The van der Waals surface area contributed by atoms with E-state index in [4.69, 9.17) is 0 Å². The molecule has 2 heterocycles. The van der Waals surface area contributed by atoms with Crippen LogP contribution in [0.4, 0.5) is 10.1 Å². The van der Waals surface area contributed by atoms with Crippen LogP contribution < -0.4 is 5.32 Å². The first-order valence-electron chi connectivity index (χ1n) is 9.66. The zero-order valence-corrected chi connectivity index (χ0v) is 14.3. The molecular weight excluding hydrogens is 299 g/mol. The van der Waals surface area contributed by atoms with Gasteiger partial charge in [-0.05, 0) is 86.7 Å². The Bertz CT molecular complexity index is 660. The van der Waals surface area contributed by atoms with Crippen LogP contribution in [0.5, 0.6) is 0 Å². The first-order valence-corrected chi connectivity index (χ1v) is 9.66. The second-order valence-corrected chi connectivity index (χ2v) is 8.46. The minimum Gasteiger partial charge on any atom is -0.384 e. The quantitative estimate of drug-likeness (QED) is 0.820. The van der Waals surface area contributed by atoms with Gasteiger partial charge in [0.1, 0.15) is 5.82 Å². The maximum absolute atomic E-state index is 13.7. The molecule has 24 heavy (non-hydrogen) atoms. The van der Waals surface area contributed by atoms with Crippen molar-refractivity contribution in [2.75, 3.05) is 31.5 Å². The van der Waals surface area contributed by atoms with Crippen LogP contribution in [0.2, 0.25) is 0 Å². The second-order valence-electron chi connectivity index (χ2n) is 8.46. The molecule has 128 valence electrons. The van der Waals surface area contributed by atoms with Crippen LogP contribution in [0.15, 0.2) is 30.4 Å². The minimum absolute atomic E-state index is 0.0937. The topological polar surface area (TPSA) is 15.3 Å². The Morgan fingerprint density at radius 2 is 2.12 bits per heavy atom. The number of nitrogens with zero attached hydrogens (tertiary/aromatic N) is 1. The predicted octanol–water partition coefficient (Wildman–Crippen LogP) is 4.19. The highest BCUT2D eigenvalue weighted by Crippen LogP contribution is 2.48. The Kier molecular flexibility index (Phi) is 3.48. The number of hydrogen-bond acceptors (Lipinski definition) is 2. The summed E-state index contributed by atoms with van der Waals surface area (Å²) in [7, 11) is 0. The summed E-state index contributed by atoms with van der Waals surface area (Å²) in [5, 5.41) is 3.51. The van der Waals surface area contributed by atoms with Gasteiger partial charge in [-0.2, -0.15) is 0 Å². The van der Waals surface area contributed by atoms with Crippen molar-refractivity contribution in [1.29, 1.82) is 0 Å². The number of piperidine rings is 1. The fourth-order valence-corrected chi connectivity index (χ4v) is 5.69. The van der Waals surface area contributed by atoms with E-state index in [1.807, 2.05) is 6.07 Å². The summed E-state index contributed by atoms with van der Waals surface area (Å²) in [4.78, 5) is 2.67. The van der Waals surface area contributed by atoms with Gasteiger partial charge < -0.3 is 10.2 Å². The molecule has 3 atom stereocenters. The third-order valence-electron chi connectivity index (χ3n) is 7.23. The first kappa shape index (κ1) is 14.9. The zero-order chi connectivity index (χ0) is 16.1. The van der Waals surface area contributed by atoms with E-state index in [0.29, 0.717) is 0 Å². The zero-order valence-electron chi connectivity index (χ0n) is 14.3. The third kappa shape index (κ3) is 2.32. The van der Waals surface area contributed by atoms with Gasteiger partial charge in [0, 0.05) is 24.2 Å². The summed E-state index contributed by atoms with van der Waals surface area (Å²) in [6.45, 7) is 4.58. The second kappa shape index (κ2) is 5.59. The average Bonchev–Trinajstić information content (AvgIpc) is 2.92. The van der Waals surface area contributed by atoms with Crippen molar-refractivity contribution in [2.45, 2.75) is 37.5 Å². The molecule has 5 rings (SSSR count). The van der Waals surface area contributed by atoms with Crippen LogP contribution in [0.25, 0.3) is 0 Å². The third-order valence-corrected chi connectivity index (χ3v) is 7.23. The molecule has 2 aliphatic carbocycles. The van der Waals surface area contributed by atoms with E-state index in [-0.39, 0.29) is 11.2 Å². The van der Waals surface area contributed by atoms with Gasteiger partial charge in [-0.1, -0.05) is 12.2 Å². The lowest BCUT2D eigenvalue weighted by molar-refractivity contribution is 0.0443. The van der Waals surface area contributed by atoms with Gasteiger partial charge in [-0.3, -0.25) is 0 Å². The number of fused-ring (bicyclic) bond motifs is 3. The van der Waals surface area contributed by atoms with Crippen molar-refractivity contribution >= 4 is 5.69 Å². The van der Waals surface area contributed by atoms with Crippen LogP contribution in [0, 0.1) is 23.6 Å². The molecule has 1 aromatic carbocycles. The van der Waals surface area contributed by atoms with E-state index in [1.165, 1.54) is 31.4 Å². The highest BCUT2D eigenvalue weighted by molar-refractivity contribution is 5.60. The number of allylic oxidation sites excluding steroid dienone is 2. The maximum Gasteiger partial charge on any atom is 0.123 e. The standard InChI is InChI=1S/C21H27FN2/c22-17-5-6-20-19(12-17)21(14-23-20)7-9-24(10-8-21)13-16-11-15-3-1-2-4-18(15)16/h2,4-6,12,15-16,18,23H,1,3,7-11,13-14H2/t15?,16-,18+/m1/s1. The van der Waals surface area contributed by atoms with Crippen molar-refractivity contribution in [3.05, 3.63) is 41.7 Å². The summed E-state index contributed by atoms with van der Waals surface area (Å²) >= 11 is 0. The Balaban J connectivity index is 1.24. The predicted molar refractivity (Wildman–Crippen MR) is 95.7 cm³/mol. The maximum atomic E-state index is 13.7. The number of rotatable bonds is 2. The lowest BCUT2D eigenvalue weighted by atomic mass is 9.61. The van der Waals surface area contributed by atoms with Crippen molar-refractivity contribution in [1.82, 2.24) is 4.90 Å². The van der Waals surface area contributed by atoms with Gasteiger partial charge in [0.2, 0.25) is 0 Å². The lowest BCUT2D eigenvalue weighted by Crippen LogP contribution is -2.49. The van der Waals surface area contributed by atoms with Gasteiger partial charge in [-0.25, -0.2) is 4.39 Å². The molecule has 2 aliphatic heterocycles. The van der Waals surface area contributed by atoms with Gasteiger partial charge in [0.25, 0.3) is 0 Å². The van der Waals surface area contributed by atoms with Gasteiger partial charge in [0.05, 0.1) is 0 Å². The molecule has 2 nitrogen and oxygen atoms in total. The monoisotopic (exact) mass is 326 g/mol. The van der Waals surface area contributed by atoms with Gasteiger partial charge in [0.15, 0.2) is 0 Å². The number of nitrogens with one attached hydrogen (secondary N) is 1. The van der Waals surface area contributed by atoms with Crippen LogP contribution in [-0.4, -0.2) is 31.1 Å². The van der Waals surface area contributed by atoms with Gasteiger partial charge >= 0.3 is 0 Å². The van der Waals surface area contributed by atoms with E-state index >= 15 is 0 Å². The number of hydrogen-bond donors (Lipinski definition) is 1. The number of halogens is 1. The molecular formula is C21H27FN2. The SMILES string of the molecule is Fc1ccc2c(c1)C1(CCN(C[C@H]3CC4CCC=C[C@@H]43)CC1)CN2. The highest BCUT2D eigenvalue weighted by atomic mass is 19.1. The Morgan fingerprint density at radius 1 is 1.25 bits per heavy atom. The Morgan fingerprint density at radius 3 is 2.96 bits per heavy atom. The van der Waals surface area contributed by atoms with E-state index < -0.39 is 0 Å². The first-order chi connectivity index (χ1) is 11.7. The van der Waals surface area contributed by atoms with Crippen molar-refractivity contribution in [3.63, 3.8) is 0 Å². The summed E-state index contributed by atoms with van der Waals surface area (Å²) < 4.78 is 13.7. The Labute approximate surface area is 144 Å². The summed E-state index contributed by atoms with van der Waals surface area (Å²) in [6.07, 6.45) is 11.4. The molecule has 3 heteroatoms. The fraction of sp³-hybridized carbons (Fsp3) is 0.619. The molecule has 1 unspecified atom stereocenters. The molecule has 0 bridgehead atoms. The van der Waals surface area contributed by atoms with Crippen LogP contribution in [0.1, 0.15) is 37.7 Å².